The van der Waals surface area contributed by atoms with E-state index in [0.717, 1.165) is 0 Å². The van der Waals surface area contributed by atoms with Gasteiger partial charge in [0, 0.05) is 4.47 Å². The number of benzene rings is 1. The molecule has 2 aromatic heterocycles. The molecule has 0 aliphatic rings. The zero-order valence-electron chi connectivity index (χ0n) is 15.4. The zero-order chi connectivity index (χ0) is 21.0. The number of carbonyl (C=O) groups excluding carboxylic acids is 2. The fraction of sp³-hybridized carbons (Fsp3) is 0.158. The van der Waals surface area contributed by atoms with Crippen molar-refractivity contribution in [2.24, 2.45) is 0 Å². The Hall–Kier alpha value is -2.72. The van der Waals surface area contributed by atoms with Crippen molar-refractivity contribution in [2.45, 2.75) is 11.9 Å². The molecule has 0 bridgehead atoms. The topological polar surface area (TPSA) is 94.3 Å². The molecule has 0 saturated carbocycles. The highest BCUT2D eigenvalue weighted by atomic mass is 79.9. The molecule has 10 heteroatoms. The first kappa shape index (κ1) is 21.0. The zero-order valence-corrected chi connectivity index (χ0v) is 17.8. The molecule has 0 aliphatic carbocycles. The highest BCUT2D eigenvalue weighted by molar-refractivity contribution is 9.10. The summed E-state index contributed by atoms with van der Waals surface area (Å²) in [6.45, 7) is 1.06. The van der Waals surface area contributed by atoms with Crippen molar-refractivity contribution in [3.8, 4) is 11.6 Å². The van der Waals surface area contributed by atoms with E-state index in [2.05, 4.69) is 31.2 Å². The number of anilines is 1. The number of carbonyl (C=O) groups is 2. The number of ether oxygens (including phenoxy) is 1. The number of nitrogens with one attached hydrogen (secondary N) is 1. The van der Waals surface area contributed by atoms with Crippen LogP contribution in [-0.2, 0) is 9.53 Å². The van der Waals surface area contributed by atoms with E-state index in [9.17, 15) is 14.0 Å². The van der Waals surface area contributed by atoms with Gasteiger partial charge in [-0.1, -0.05) is 15.9 Å². The molecule has 150 valence electrons. The van der Waals surface area contributed by atoms with Crippen molar-refractivity contribution in [1.29, 1.82) is 0 Å². The van der Waals surface area contributed by atoms with Crippen molar-refractivity contribution >= 4 is 45.3 Å². The van der Waals surface area contributed by atoms with Gasteiger partial charge >= 0.3 is 5.97 Å². The molecular formula is C19H15BrFN3O4S. The van der Waals surface area contributed by atoms with Crippen LogP contribution in [0.25, 0.3) is 11.6 Å². The molecule has 29 heavy (non-hydrogen) atoms. The first-order valence-corrected chi connectivity index (χ1v) is 10.3. The number of aryl methyl sites for hydroxylation is 1. The summed E-state index contributed by atoms with van der Waals surface area (Å²) in [6, 6.07) is 7.62. The maximum absolute atomic E-state index is 13.8. The van der Waals surface area contributed by atoms with Gasteiger partial charge in [0.05, 0.1) is 17.6 Å². The van der Waals surface area contributed by atoms with Gasteiger partial charge < -0.3 is 14.5 Å². The molecule has 0 spiro atoms. The lowest BCUT2D eigenvalue weighted by Crippen LogP contribution is -2.22. The number of furan rings is 1. The Kier molecular flexibility index (Phi) is 6.65. The Morgan fingerprint density at radius 3 is 2.76 bits per heavy atom. The van der Waals surface area contributed by atoms with Crippen LogP contribution >= 0.6 is 27.7 Å². The quantitative estimate of drug-likeness (QED) is 0.316. The van der Waals surface area contributed by atoms with Crippen molar-refractivity contribution in [3.63, 3.8) is 0 Å². The second kappa shape index (κ2) is 9.19. The Balaban J connectivity index is 1.71. The number of thioether (sulfide) groups is 1. The summed E-state index contributed by atoms with van der Waals surface area (Å²) < 4.78 is 24.7. The van der Waals surface area contributed by atoms with E-state index in [1.54, 1.807) is 31.4 Å². The molecule has 0 radical (unpaired) electrons. The third kappa shape index (κ3) is 5.01. The lowest BCUT2D eigenvalue weighted by Gasteiger charge is -2.11. The Morgan fingerprint density at radius 1 is 1.31 bits per heavy atom. The molecule has 0 atom stereocenters. The number of amides is 1. The molecule has 2 heterocycles. The lowest BCUT2D eigenvalue weighted by molar-refractivity contribution is -0.119. The number of aromatic nitrogens is 2. The van der Waals surface area contributed by atoms with E-state index >= 15 is 0 Å². The van der Waals surface area contributed by atoms with Gasteiger partial charge in [-0.05, 0) is 43.5 Å². The van der Waals surface area contributed by atoms with E-state index < -0.39 is 24.3 Å². The fourth-order valence-corrected chi connectivity index (χ4v) is 3.37. The summed E-state index contributed by atoms with van der Waals surface area (Å²) in [6.07, 6.45) is 3.26. The van der Waals surface area contributed by atoms with Crippen LogP contribution in [0.3, 0.4) is 0 Å². The maximum Gasteiger partial charge on any atom is 0.343 e. The smallest absolute Gasteiger partial charge is 0.343 e. The highest BCUT2D eigenvalue weighted by Crippen LogP contribution is 2.26. The minimum atomic E-state index is -0.746. The largest absolute Gasteiger partial charge is 0.461 e. The Morgan fingerprint density at radius 2 is 2.10 bits per heavy atom. The molecule has 0 fully saturated rings. The molecule has 3 rings (SSSR count). The van der Waals surface area contributed by atoms with Gasteiger partial charge in [0.1, 0.15) is 16.4 Å². The van der Waals surface area contributed by atoms with E-state index in [-0.39, 0.29) is 11.3 Å². The summed E-state index contributed by atoms with van der Waals surface area (Å²) in [5.74, 6) is -1.21. The molecule has 1 amide bonds. The van der Waals surface area contributed by atoms with E-state index in [1.807, 2.05) is 0 Å². The Bertz CT molecular complexity index is 1060. The van der Waals surface area contributed by atoms with Crippen LogP contribution in [0.15, 0.2) is 50.5 Å². The molecule has 0 unspecified atom stereocenters. The average Bonchev–Trinajstić information content (AvgIpc) is 3.22. The predicted molar refractivity (Wildman–Crippen MR) is 109 cm³/mol. The second-order valence-electron chi connectivity index (χ2n) is 5.74. The SMILES string of the molecule is CSc1nc(-c2ccco2)nc(C)c1C(=O)OCC(=O)Nc1ccc(Br)cc1F. The summed E-state index contributed by atoms with van der Waals surface area (Å²) in [7, 11) is 0. The van der Waals surface area contributed by atoms with Gasteiger partial charge in [-0.2, -0.15) is 0 Å². The van der Waals surface area contributed by atoms with E-state index in [4.69, 9.17) is 9.15 Å². The van der Waals surface area contributed by atoms with Crippen molar-refractivity contribution in [3.05, 3.63) is 58.1 Å². The van der Waals surface area contributed by atoms with Gasteiger partial charge in [0.2, 0.25) is 0 Å². The van der Waals surface area contributed by atoms with Crippen molar-refractivity contribution in [2.75, 3.05) is 18.2 Å². The van der Waals surface area contributed by atoms with Crippen LogP contribution in [0, 0.1) is 12.7 Å². The standard InChI is InChI=1S/C19H15BrFN3O4S/c1-10-16(18(29-2)24-17(22-10)14-4-3-7-27-14)19(26)28-9-15(25)23-13-6-5-11(20)8-12(13)21/h3-8H,9H2,1-2H3,(H,23,25). The predicted octanol–water partition coefficient (Wildman–Crippen LogP) is 4.46. The molecule has 1 aromatic carbocycles. The normalized spacial score (nSPS) is 10.6. The molecular weight excluding hydrogens is 465 g/mol. The lowest BCUT2D eigenvalue weighted by atomic mass is 10.2. The molecule has 1 N–H and O–H groups in total. The first-order valence-electron chi connectivity index (χ1n) is 8.27. The minimum absolute atomic E-state index is 0.0126. The number of esters is 1. The molecule has 0 saturated heterocycles. The number of nitrogens with zero attached hydrogens (tertiary/aromatic N) is 2. The number of halogens is 2. The van der Waals surface area contributed by atoms with Gasteiger partial charge in [0.15, 0.2) is 18.2 Å². The average molecular weight is 480 g/mol. The second-order valence-corrected chi connectivity index (χ2v) is 7.45. The van der Waals surface area contributed by atoms with Crippen molar-refractivity contribution < 1.29 is 23.1 Å². The van der Waals surface area contributed by atoms with Crippen LogP contribution in [0.5, 0.6) is 0 Å². The van der Waals surface area contributed by atoms with Crippen molar-refractivity contribution in [1.82, 2.24) is 9.97 Å². The Labute approximate surface area is 178 Å². The van der Waals surface area contributed by atoms with Crippen LogP contribution in [0.4, 0.5) is 10.1 Å². The van der Waals surface area contributed by atoms with Crippen LogP contribution in [0.2, 0.25) is 0 Å². The monoisotopic (exact) mass is 479 g/mol. The van der Waals surface area contributed by atoms with E-state index in [0.29, 0.717) is 26.8 Å². The molecule has 3 aromatic rings. The fourth-order valence-electron chi connectivity index (χ4n) is 2.43. The van der Waals surface area contributed by atoms with Gasteiger partial charge in [0.25, 0.3) is 5.91 Å². The number of rotatable bonds is 6. The molecule has 7 nitrogen and oxygen atoms in total. The van der Waals surface area contributed by atoms with E-state index in [1.165, 1.54) is 30.2 Å². The summed E-state index contributed by atoms with van der Waals surface area (Å²) in [5, 5.41) is 2.75. The van der Waals surface area contributed by atoms with Gasteiger partial charge in [-0.15, -0.1) is 11.8 Å². The third-order valence-electron chi connectivity index (χ3n) is 3.74. The van der Waals surface area contributed by atoms with Crippen LogP contribution < -0.4 is 5.32 Å². The number of hydrogen-bond donors (Lipinski definition) is 1. The van der Waals surface area contributed by atoms with Gasteiger partial charge in [-0.25, -0.2) is 19.2 Å². The molecule has 0 aliphatic heterocycles. The maximum atomic E-state index is 13.8. The summed E-state index contributed by atoms with van der Waals surface area (Å²) in [5.41, 5.74) is 0.539. The highest BCUT2D eigenvalue weighted by Gasteiger charge is 2.22. The van der Waals surface area contributed by atoms with Gasteiger partial charge in [-0.3, -0.25) is 4.79 Å². The summed E-state index contributed by atoms with van der Waals surface area (Å²) in [4.78, 5) is 33.2. The van der Waals surface area contributed by atoms with Crippen LogP contribution in [0.1, 0.15) is 16.1 Å². The minimum Gasteiger partial charge on any atom is -0.461 e. The first-order chi connectivity index (χ1) is 13.9. The number of hydrogen-bond acceptors (Lipinski definition) is 7. The van der Waals surface area contributed by atoms with Crippen LogP contribution in [-0.4, -0.2) is 34.7 Å². The third-order valence-corrected chi connectivity index (χ3v) is 4.91. The summed E-state index contributed by atoms with van der Waals surface area (Å²) >= 11 is 4.38.